The van der Waals surface area contributed by atoms with Gasteiger partial charge in [-0.05, 0) is 24.3 Å². The molecule has 0 heterocycles. The van der Waals surface area contributed by atoms with Crippen LogP contribution in [0.4, 0.5) is 13.2 Å². The molecule has 0 aliphatic heterocycles. The second-order valence-electron chi connectivity index (χ2n) is 3.73. The maximum absolute atomic E-state index is 11.9. The molecule has 0 unspecified atom stereocenters. The van der Waals surface area contributed by atoms with Crippen LogP contribution in [0.25, 0.3) is 0 Å². The first-order chi connectivity index (χ1) is 8.80. The van der Waals surface area contributed by atoms with Gasteiger partial charge in [-0.1, -0.05) is 13.5 Å². The van der Waals surface area contributed by atoms with Gasteiger partial charge in [0.15, 0.2) is 0 Å². The van der Waals surface area contributed by atoms with E-state index in [-0.39, 0.29) is 5.75 Å². The highest BCUT2D eigenvalue weighted by molar-refractivity contribution is 5.73. The number of ether oxygens (including phenoxy) is 2. The Bertz CT molecular complexity index is 449. The van der Waals surface area contributed by atoms with E-state index in [1.807, 2.05) is 6.92 Å². The molecule has 3 nitrogen and oxygen atoms in total. The summed E-state index contributed by atoms with van der Waals surface area (Å²) in [5.41, 5.74) is 0. The van der Waals surface area contributed by atoms with Crippen LogP contribution < -0.4 is 9.47 Å². The van der Waals surface area contributed by atoms with Crippen LogP contribution in [0.1, 0.15) is 19.8 Å². The minimum absolute atomic E-state index is 0.0312. The molecule has 1 aromatic rings. The summed E-state index contributed by atoms with van der Waals surface area (Å²) in [6.45, 7) is 5.52. The van der Waals surface area contributed by atoms with Crippen molar-refractivity contribution in [2.24, 2.45) is 0 Å². The van der Waals surface area contributed by atoms with Crippen molar-refractivity contribution in [2.45, 2.75) is 25.9 Å². The third-order valence-corrected chi connectivity index (χ3v) is 2.06. The summed E-state index contributed by atoms with van der Waals surface area (Å²) in [5.74, 6) is -0.285. The number of carbonyl (C=O) groups excluding carboxylic acids is 1. The highest BCUT2D eigenvalue weighted by atomic mass is 19.4. The maximum Gasteiger partial charge on any atom is 0.399 e. The molecule has 0 amide bonds. The molecule has 0 N–H and O–H groups in total. The first-order valence-electron chi connectivity index (χ1n) is 5.53. The lowest BCUT2D eigenvalue weighted by atomic mass is 10.3. The van der Waals surface area contributed by atoms with Crippen LogP contribution in [-0.4, -0.2) is 12.1 Å². The average Bonchev–Trinajstić information content (AvgIpc) is 2.29. The Labute approximate surface area is 108 Å². The smallest absolute Gasteiger partial charge is 0.399 e. The number of esters is 1. The lowest BCUT2D eigenvalue weighted by Gasteiger charge is -2.09. The summed E-state index contributed by atoms with van der Waals surface area (Å²) >= 11 is 0. The fourth-order valence-electron chi connectivity index (χ4n) is 1.15. The van der Waals surface area contributed by atoms with Gasteiger partial charge >= 0.3 is 12.1 Å². The Morgan fingerprint density at radius 3 is 2.05 bits per heavy atom. The van der Waals surface area contributed by atoms with Gasteiger partial charge < -0.3 is 9.47 Å². The van der Waals surface area contributed by atoms with E-state index in [2.05, 4.69) is 11.3 Å². The van der Waals surface area contributed by atoms with Crippen molar-refractivity contribution in [3.63, 3.8) is 0 Å². The Kier molecular flexibility index (Phi) is 4.97. The zero-order valence-electron chi connectivity index (χ0n) is 10.3. The monoisotopic (exact) mass is 274 g/mol. The lowest BCUT2D eigenvalue weighted by molar-refractivity contribution is -0.164. The van der Waals surface area contributed by atoms with E-state index < -0.39 is 18.6 Å². The zero-order valence-corrected chi connectivity index (χ0v) is 10.3. The molecule has 1 rings (SSSR count). The molecule has 0 fully saturated rings. The number of benzene rings is 1. The molecule has 1 aromatic carbocycles. The lowest BCUT2D eigenvalue weighted by Crippen LogP contribution is -2.19. The van der Waals surface area contributed by atoms with Crippen molar-refractivity contribution >= 4 is 5.97 Å². The maximum atomic E-state index is 11.9. The van der Waals surface area contributed by atoms with Gasteiger partial charge in [0.05, 0.1) is 5.76 Å². The summed E-state index contributed by atoms with van der Waals surface area (Å²) in [6.07, 6.45) is -5.54. The van der Waals surface area contributed by atoms with Crippen LogP contribution >= 0.6 is 0 Å². The van der Waals surface area contributed by atoms with Crippen molar-refractivity contribution in [2.75, 3.05) is 0 Å². The third kappa shape index (κ3) is 5.94. The van der Waals surface area contributed by atoms with Crippen LogP contribution in [0.2, 0.25) is 0 Å². The number of allylic oxidation sites excluding steroid dienone is 1. The number of rotatable bonds is 5. The average molecular weight is 274 g/mol. The molecule has 0 aliphatic rings. The standard InChI is InChI=1S/C13H13F3O3/c1-3-9(2)18-10-4-6-11(7-5-10)19-12(17)8-13(14,15)16/h4-7H,2-3,8H2,1H3. The Morgan fingerprint density at radius 2 is 1.63 bits per heavy atom. The van der Waals surface area contributed by atoms with Gasteiger partial charge in [-0.25, -0.2) is 0 Å². The quantitative estimate of drug-likeness (QED) is 0.465. The Hall–Kier alpha value is -1.98. The highest BCUT2D eigenvalue weighted by Gasteiger charge is 2.32. The number of hydrogen-bond donors (Lipinski definition) is 0. The molecule has 19 heavy (non-hydrogen) atoms. The fourth-order valence-corrected chi connectivity index (χ4v) is 1.15. The molecule has 0 saturated heterocycles. The Morgan fingerprint density at radius 1 is 1.16 bits per heavy atom. The topological polar surface area (TPSA) is 35.5 Å². The molecular weight excluding hydrogens is 261 g/mol. The van der Waals surface area contributed by atoms with E-state index in [1.54, 1.807) is 0 Å². The van der Waals surface area contributed by atoms with E-state index >= 15 is 0 Å². The first-order valence-corrected chi connectivity index (χ1v) is 5.53. The van der Waals surface area contributed by atoms with Crippen molar-refractivity contribution < 1.29 is 27.4 Å². The fraction of sp³-hybridized carbons (Fsp3) is 0.308. The van der Waals surface area contributed by atoms with Gasteiger partial charge in [-0.2, -0.15) is 13.2 Å². The van der Waals surface area contributed by atoms with Crippen LogP contribution in [-0.2, 0) is 4.79 Å². The van der Waals surface area contributed by atoms with Crippen molar-refractivity contribution in [3.05, 3.63) is 36.6 Å². The van der Waals surface area contributed by atoms with E-state index in [1.165, 1.54) is 24.3 Å². The summed E-state index contributed by atoms with van der Waals surface area (Å²) in [4.78, 5) is 10.9. The molecule has 0 saturated carbocycles. The molecule has 0 aromatic heterocycles. The molecule has 6 heteroatoms. The third-order valence-electron chi connectivity index (χ3n) is 2.06. The summed E-state index contributed by atoms with van der Waals surface area (Å²) in [6, 6.07) is 5.67. The number of alkyl halides is 3. The van der Waals surface area contributed by atoms with E-state index in [9.17, 15) is 18.0 Å². The van der Waals surface area contributed by atoms with Gasteiger partial charge in [-0.3, -0.25) is 4.79 Å². The van der Waals surface area contributed by atoms with Crippen molar-refractivity contribution in [1.29, 1.82) is 0 Å². The highest BCUT2D eigenvalue weighted by Crippen LogP contribution is 2.23. The van der Waals surface area contributed by atoms with Crippen LogP contribution in [0.5, 0.6) is 11.5 Å². The minimum Gasteiger partial charge on any atom is -0.462 e. The number of halogens is 3. The largest absolute Gasteiger partial charge is 0.462 e. The second-order valence-corrected chi connectivity index (χ2v) is 3.73. The van der Waals surface area contributed by atoms with Crippen LogP contribution in [0.15, 0.2) is 36.6 Å². The molecule has 0 spiro atoms. The minimum atomic E-state index is -4.57. The predicted octanol–water partition coefficient (Wildman–Crippen LogP) is 3.85. The molecule has 0 radical (unpaired) electrons. The van der Waals surface area contributed by atoms with Gasteiger partial charge in [0.25, 0.3) is 0 Å². The summed E-state index contributed by atoms with van der Waals surface area (Å²) < 4.78 is 45.6. The number of carbonyl (C=O) groups is 1. The second kappa shape index (κ2) is 6.26. The predicted molar refractivity (Wildman–Crippen MR) is 62.8 cm³/mol. The zero-order chi connectivity index (χ0) is 14.5. The van der Waals surface area contributed by atoms with Gasteiger partial charge in [-0.15, -0.1) is 0 Å². The molecule has 0 atom stereocenters. The first kappa shape index (κ1) is 15.1. The molecular formula is C13H13F3O3. The molecule has 104 valence electrons. The summed E-state index contributed by atoms with van der Waals surface area (Å²) in [5, 5.41) is 0. The normalized spacial score (nSPS) is 10.9. The molecule has 0 bridgehead atoms. The van der Waals surface area contributed by atoms with Gasteiger partial charge in [0.2, 0.25) is 0 Å². The number of hydrogen-bond acceptors (Lipinski definition) is 3. The van der Waals surface area contributed by atoms with E-state index in [0.717, 1.165) is 0 Å². The van der Waals surface area contributed by atoms with Gasteiger partial charge in [0, 0.05) is 6.42 Å². The Balaban J connectivity index is 2.57. The van der Waals surface area contributed by atoms with Gasteiger partial charge in [0.1, 0.15) is 17.9 Å². The summed E-state index contributed by atoms with van der Waals surface area (Å²) in [7, 11) is 0. The van der Waals surface area contributed by atoms with E-state index in [4.69, 9.17) is 4.74 Å². The van der Waals surface area contributed by atoms with Crippen LogP contribution in [0, 0.1) is 0 Å². The van der Waals surface area contributed by atoms with Crippen molar-refractivity contribution in [1.82, 2.24) is 0 Å². The molecule has 0 aliphatic carbocycles. The van der Waals surface area contributed by atoms with E-state index in [0.29, 0.717) is 17.9 Å². The SMILES string of the molecule is C=C(CC)Oc1ccc(OC(=O)CC(F)(F)F)cc1. The van der Waals surface area contributed by atoms with Crippen molar-refractivity contribution in [3.8, 4) is 11.5 Å². The van der Waals surface area contributed by atoms with Crippen LogP contribution in [0.3, 0.4) is 0 Å².